The number of rotatable bonds is 4. The Kier molecular flexibility index (Phi) is 4.92. The minimum Gasteiger partial charge on any atom is -0.494 e. The molecule has 1 fully saturated rings. The van der Waals surface area contributed by atoms with Gasteiger partial charge in [-0.2, -0.15) is 0 Å². The van der Waals surface area contributed by atoms with E-state index in [4.69, 9.17) is 9.47 Å². The second-order valence-corrected chi connectivity index (χ2v) is 4.73. The smallest absolute Gasteiger partial charge is 0.253 e. The number of carbonyl (C=O) groups excluding carboxylic acids is 1. The molecule has 1 aromatic carbocycles. The van der Waals surface area contributed by atoms with E-state index >= 15 is 0 Å². The van der Waals surface area contributed by atoms with Crippen LogP contribution in [0.2, 0.25) is 0 Å². The van der Waals surface area contributed by atoms with Crippen LogP contribution >= 0.6 is 0 Å². The van der Waals surface area contributed by atoms with Crippen molar-refractivity contribution in [3.8, 4) is 5.75 Å². The Morgan fingerprint density at radius 1 is 1.60 bits per heavy atom. The number of hydrogen-bond acceptors (Lipinski definition) is 4. The summed E-state index contributed by atoms with van der Waals surface area (Å²) < 4.78 is 24.0. The summed E-state index contributed by atoms with van der Waals surface area (Å²) >= 11 is 0. The molecule has 1 saturated heterocycles. The summed E-state index contributed by atoms with van der Waals surface area (Å²) in [6.45, 7) is 2.66. The number of morpholine rings is 1. The Balaban J connectivity index is 2.00. The molecule has 1 aromatic rings. The van der Waals surface area contributed by atoms with Gasteiger partial charge < -0.3 is 19.7 Å². The maximum absolute atomic E-state index is 13.6. The fourth-order valence-electron chi connectivity index (χ4n) is 2.15. The van der Waals surface area contributed by atoms with Crippen LogP contribution in [0.4, 0.5) is 4.39 Å². The Morgan fingerprint density at radius 2 is 2.40 bits per heavy atom. The van der Waals surface area contributed by atoms with Crippen molar-refractivity contribution in [3.63, 3.8) is 0 Å². The number of benzene rings is 1. The lowest BCUT2D eigenvalue weighted by molar-refractivity contribution is 0.0104. The monoisotopic (exact) mass is 282 g/mol. The summed E-state index contributed by atoms with van der Waals surface area (Å²) in [6.07, 6.45) is -0.0270. The number of carbonyl (C=O) groups is 1. The van der Waals surface area contributed by atoms with Crippen LogP contribution < -0.4 is 10.1 Å². The maximum atomic E-state index is 13.6. The average molecular weight is 282 g/mol. The minimum absolute atomic E-state index is 0.0270. The Bertz CT molecular complexity index is 475. The molecule has 1 N–H and O–H groups in total. The summed E-state index contributed by atoms with van der Waals surface area (Å²) in [7, 11) is 3.07. The van der Waals surface area contributed by atoms with E-state index in [1.165, 1.54) is 19.2 Å². The Morgan fingerprint density at radius 3 is 3.00 bits per heavy atom. The van der Waals surface area contributed by atoms with Crippen LogP contribution in [0.25, 0.3) is 0 Å². The first-order valence-electron chi connectivity index (χ1n) is 6.53. The largest absolute Gasteiger partial charge is 0.494 e. The summed E-state index contributed by atoms with van der Waals surface area (Å²) in [5, 5.41) is 3.20. The van der Waals surface area contributed by atoms with Gasteiger partial charge in [-0.05, 0) is 18.2 Å². The van der Waals surface area contributed by atoms with Gasteiger partial charge in [0.1, 0.15) is 0 Å². The molecule has 0 aromatic heterocycles. The maximum Gasteiger partial charge on any atom is 0.253 e. The van der Waals surface area contributed by atoms with E-state index in [0.29, 0.717) is 25.3 Å². The zero-order valence-electron chi connectivity index (χ0n) is 11.7. The van der Waals surface area contributed by atoms with Crippen LogP contribution in [0.3, 0.4) is 0 Å². The van der Waals surface area contributed by atoms with E-state index in [0.717, 1.165) is 6.54 Å². The second-order valence-electron chi connectivity index (χ2n) is 4.73. The van der Waals surface area contributed by atoms with Crippen molar-refractivity contribution in [1.82, 2.24) is 10.2 Å². The molecule has 1 atom stereocenters. The quantitative estimate of drug-likeness (QED) is 0.891. The number of amides is 1. The molecular weight excluding hydrogens is 263 g/mol. The predicted molar refractivity (Wildman–Crippen MR) is 72.5 cm³/mol. The van der Waals surface area contributed by atoms with Crippen molar-refractivity contribution in [3.05, 3.63) is 29.6 Å². The molecule has 110 valence electrons. The number of likely N-dealkylation sites (N-methyl/N-ethyl adjacent to an activating group) is 1. The first-order chi connectivity index (χ1) is 9.61. The van der Waals surface area contributed by atoms with Gasteiger partial charge in [-0.1, -0.05) is 0 Å². The highest BCUT2D eigenvalue weighted by atomic mass is 19.1. The van der Waals surface area contributed by atoms with Gasteiger partial charge in [-0.3, -0.25) is 4.79 Å². The normalized spacial score (nSPS) is 18.6. The van der Waals surface area contributed by atoms with Crippen LogP contribution in [-0.4, -0.2) is 57.3 Å². The lowest BCUT2D eigenvalue weighted by Crippen LogP contribution is -2.45. The molecule has 1 amide bonds. The molecule has 0 bridgehead atoms. The number of methoxy groups -OCH3 is 1. The molecule has 2 rings (SSSR count). The van der Waals surface area contributed by atoms with E-state index in [2.05, 4.69) is 5.32 Å². The molecule has 0 saturated carbocycles. The van der Waals surface area contributed by atoms with E-state index in [1.54, 1.807) is 18.0 Å². The number of nitrogens with one attached hydrogen (secondary N) is 1. The highest BCUT2D eigenvalue weighted by Crippen LogP contribution is 2.18. The van der Waals surface area contributed by atoms with Crippen LogP contribution in [0.5, 0.6) is 5.75 Å². The van der Waals surface area contributed by atoms with Gasteiger partial charge >= 0.3 is 0 Å². The molecule has 0 radical (unpaired) electrons. The number of halogens is 1. The molecule has 1 aliphatic rings. The zero-order valence-corrected chi connectivity index (χ0v) is 11.7. The fourth-order valence-corrected chi connectivity index (χ4v) is 2.15. The van der Waals surface area contributed by atoms with Crippen molar-refractivity contribution < 1.29 is 18.7 Å². The predicted octanol–water partition coefficient (Wildman–Crippen LogP) is 0.895. The molecule has 1 unspecified atom stereocenters. The van der Waals surface area contributed by atoms with Crippen molar-refractivity contribution in [2.24, 2.45) is 0 Å². The second kappa shape index (κ2) is 6.67. The van der Waals surface area contributed by atoms with Gasteiger partial charge in [-0.15, -0.1) is 0 Å². The van der Waals surface area contributed by atoms with Gasteiger partial charge in [0.05, 0.1) is 19.8 Å². The topological polar surface area (TPSA) is 50.8 Å². The molecule has 1 heterocycles. The van der Waals surface area contributed by atoms with E-state index in [-0.39, 0.29) is 17.8 Å². The molecule has 0 spiro atoms. The number of ether oxygens (including phenoxy) is 2. The Labute approximate surface area is 117 Å². The molecule has 5 nitrogen and oxygen atoms in total. The summed E-state index contributed by atoms with van der Waals surface area (Å²) in [4.78, 5) is 13.8. The first-order valence-corrected chi connectivity index (χ1v) is 6.53. The SMILES string of the molecule is COc1ccc(C(=O)N(C)CC2CNCCO2)cc1F. The van der Waals surface area contributed by atoms with Gasteiger partial charge in [0.15, 0.2) is 11.6 Å². The molecule has 20 heavy (non-hydrogen) atoms. The standard InChI is InChI=1S/C14H19FN2O3/c1-17(9-11-8-16-5-6-20-11)14(18)10-3-4-13(19-2)12(15)7-10/h3-4,7,11,16H,5-6,8-9H2,1-2H3. The van der Waals surface area contributed by atoms with E-state index in [9.17, 15) is 9.18 Å². The number of nitrogens with zero attached hydrogens (tertiary/aromatic N) is 1. The van der Waals surface area contributed by atoms with Gasteiger partial charge in [0, 0.05) is 32.2 Å². The lowest BCUT2D eigenvalue weighted by Gasteiger charge is -2.28. The van der Waals surface area contributed by atoms with E-state index in [1.807, 2.05) is 0 Å². The van der Waals surface area contributed by atoms with Crippen LogP contribution in [0.1, 0.15) is 10.4 Å². The third-order valence-electron chi connectivity index (χ3n) is 3.23. The lowest BCUT2D eigenvalue weighted by atomic mass is 10.1. The van der Waals surface area contributed by atoms with Crippen LogP contribution in [-0.2, 0) is 4.74 Å². The van der Waals surface area contributed by atoms with Gasteiger partial charge in [-0.25, -0.2) is 4.39 Å². The summed E-state index contributed by atoms with van der Waals surface area (Å²) in [5.41, 5.74) is 0.301. The zero-order chi connectivity index (χ0) is 14.5. The van der Waals surface area contributed by atoms with Crippen molar-refractivity contribution >= 4 is 5.91 Å². The minimum atomic E-state index is -0.540. The van der Waals surface area contributed by atoms with Crippen molar-refractivity contribution in [1.29, 1.82) is 0 Å². The molecular formula is C14H19FN2O3. The van der Waals surface area contributed by atoms with Crippen molar-refractivity contribution in [2.45, 2.75) is 6.10 Å². The van der Waals surface area contributed by atoms with Crippen molar-refractivity contribution in [2.75, 3.05) is 40.4 Å². The van der Waals surface area contributed by atoms with E-state index < -0.39 is 5.82 Å². The molecule has 6 heteroatoms. The fraction of sp³-hybridized carbons (Fsp3) is 0.500. The third kappa shape index (κ3) is 3.46. The first kappa shape index (κ1) is 14.7. The highest BCUT2D eigenvalue weighted by molar-refractivity contribution is 5.94. The Hall–Kier alpha value is -1.66. The summed E-state index contributed by atoms with van der Waals surface area (Å²) in [6, 6.07) is 4.20. The average Bonchev–Trinajstić information content (AvgIpc) is 2.47. The molecule has 1 aliphatic heterocycles. The number of hydrogen-bond donors (Lipinski definition) is 1. The molecule has 0 aliphatic carbocycles. The van der Waals surface area contributed by atoms with Gasteiger partial charge in [0.2, 0.25) is 0 Å². The summed E-state index contributed by atoms with van der Waals surface area (Å²) in [5.74, 6) is -0.646. The van der Waals surface area contributed by atoms with Crippen LogP contribution in [0.15, 0.2) is 18.2 Å². The van der Waals surface area contributed by atoms with Gasteiger partial charge in [0.25, 0.3) is 5.91 Å². The highest BCUT2D eigenvalue weighted by Gasteiger charge is 2.20. The van der Waals surface area contributed by atoms with Crippen LogP contribution in [0, 0.1) is 5.82 Å². The third-order valence-corrected chi connectivity index (χ3v) is 3.23.